The normalized spacial score (nSPS) is 11.8. The smallest absolute Gasteiger partial charge is 0.143 e. The zero-order valence-corrected chi connectivity index (χ0v) is 17.3. The zero-order chi connectivity index (χ0) is 18.7. The molecule has 0 N–H and O–H groups in total. The van der Waals surface area contributed by atoms with E-state index in [0.29, 0.717) is 0 Å². The highest BCUT2D eigenvalue weighted by molar-refractivity contribution is 7.78. The molecule has 2 nitrogen and oxygen atoms in total. The van der Waals surface area contributed by atoms with Crippen molar-refractivity contribution in [1.29, 1.82) is 0 Å². The van der Waals surface area contributed by atoms with Crippen LogP contribution >= 0.6 is 7.14 Å². The van der Waals surface area contributed by atoms with Crippen LogP contribution in [0.1, 0.15) is 46.0 Å². The molecular formula is C23H34NOP. The highest BCUT2D eigenvalue weighted by Gasteiger charge is 2.26. The quantitative estimate of drug-likeness (QED) is 0.472. The number of hydrogen-bond acceptors (Lipinski definition) is 2. The molecule has 0 saturated carbocycles. The summed E-state index contributed by atoms with van der Waals surface area (Å²) >= 11 is 0. The van der Waals surface area contributed by atoms with Crippen LogP contribution in [0, 0.1) is 0 Å². The van der Waals surface area contributed by atoms with E-state index in [2.05, 4.69) is 18.7 Å². The second-order valence-corrected chi connectivity index (χ2v) is 10.00. The lowest BCUT2D eigenvalue weighted by molar-refractivity contribution is 0.266. The summed E-state index contributed by atoms with van der Waals surface area (Å²) in [6.45, 7) is 7.87. The molecule has 0 unspecified atom stereocenters. The lowest BCUT2D eigenvalue weighted by Crippen LogP contribution is -2.28. The Bertz CT molecular complexity index is 605. The van der Waals surface area contributed by atoms with Crippen LogP contribution < -0.4 is 10.6 Å². The molecule has 2 aromatic carbocycles. The molecular weight excluding hydrogens is 337 g/mol. The molecule has 0 amide bonds. The highest BCUT2D eigenvalue weighted by atomic mass is 31.2. The van der Waals surface area contributed by atoms with Gasteiger partial charge in [0.15, 0.2) is 0 Å². The van der Waals surface area contributed by atoms with Gasteiger partial charge in [-0.25, -0.2) is 0 Å². The van der Waals surface area contributed by atoms with Gasteiger partial charge in [0.05, 0.1) is 0 Å². The van der Waals surface area contributed by atoms with Crippen LogP contribution in [0.4, 0.5) is 0 Å². The monoisotopic (exact) mass is 371 g/mol. The summed E-state index contributed by atoms with van der Waals surface area (Å²) in [7, 11) is -2.56. The van der Waals surface area contributed by atoms with Gasteiger partial charge in [0.1, 0.15) is 7.14 Å². The minimum Gasteiger partial charge on any atom is -0.314 e. The number of benzene rings is 2. The Kier molecular flexibility index (Phi) is 9.15. The summed E-state index contributed by atoms with van der Waals surface area (Å²) in [5.41, 5.74) is 0. The summed E-state index contributed by atoms with van der Waals surface area (Å²) < 4.78 is 14.0. The maximum absolute atomic E-state index is 14.0. The van der Waals surface area contributed by atoms with Crippen molar-refractivity contribution >= 4 is 17.8 Å². The molecule has 0 bridgehead atoms. The summed E-state index contributed by atoms with van der Waals surface area (Å²) in [5, 5.41) is 1.97. The van der Waals surface area contributed by atoms with E-state index in [1.165, 1.54) is 25.7 Å². The molecule has 2 aromatic rings. The van der Waals surface area contributed by atoms with E-state index < -0.39 is 7.14 Å². The predicted molar refractivity (Wildman–Crippen MR) is 115 cm³/mol. The Balaban J connectivity index is 2.09. The van der Waals surface area contributed by atoms with Crippen molar-refractivity contribution in [2.75, 3.05) is 25.8 Å². The van der Waals surface area contributed by atoms with Crippen molar-refractivity contribution in [2.45, 2.75) is 46.0 Å². The molecule has 0 fully saturated rings. The van der Waals surface area contributed by atoms with Crippen molar-refractivity contribution in [1.82, 2.24) is 4.90 Å². The average molecular weight is 372 g/mol. The molecule has 0 heterocycles. The van der Waals surface area contributed by atoms with Gasteiger partial charge in [0.25, 0.3) is 0 Å². The zero-order valence-electron chi connectivity index (χ0n) is 16.4. The maximum atomic E-state index is 14.0. The third-order valence-electron chi connectivity index (χ3n) is 4.95. The molecule has 142 valence electrons. The van der Waals surface area contributed by atoms with Crippen LogP contribution in [0.15, 0.2) is 60.7 Å². The van der Waals surface area contributed by atoms with Crippen LogP contribution in [-0.4, -0.2) is 30.7 Å². The van der Waals surface area contributed by atoms with Crippen molar-refractivity contribution in [3.63, 3.8) is 0 Å². The van der Waals surface area contributed by atoms with E-state index in [0.717, 1.165) is 42.8 Å². The largest absolute Gasteiger partial charge is 0.314 e. The first-order chi connectivity index (χ1) is 12.7. The minimum atomic E-state index is -2.56. The van der Waals surface area contributed by atoms with Gasteiger partial charge in [0.2, 0.25) is 0 Å². The van der Waals surface area contributed by atoms with Gasteiger partial charge in [0, 0.05) is 16.8 Å². The Morgan fingerprint density at radius 1 is 0.692 bits per heavy atom. The lowest BCUT2D eigenvalue weighted by atomic mass is 10.2. The molecule has 0 aromatic heterocycles. The van der Waals surface area contributed by atoms with Crippen LogP contribution in [0.5, 0.6) is 0 Å². The van der Waals surface area contributed by atoms with Gasteiger partial charge in [-0.1, -0.05) is 87.4 Å². The second-order valence-electron chi connectivity index (χ2n) is 7.04. The summed E-state index contributed by atoms with van der Waals surface area (Å²) in [6.07, 6.45) is 6.69. The fourth-order valence-corrected chi connectivity index (χ4v) is 6.07. The maximum Gasteiger partial charge on any atom is 0.143 e. The second kappa shape index (κ2) is 11.4. The molecule has 0 spiro atoms. The first-order valence-electron chi connectivity index (χ1n) is 10.1. The first-order valence-corrected chi connectivity index (χ1v) is 12.0. The van der Waals surface area contributed by atoms with Crippen molar-refractivity contribution in [3.8, 4) is 0 Å². The Hall–Kier alpha value is -1.37. The molecule has 0 radical (unpaired) electrons. The van der Waals surface area contributed by atoms with E-state index in [-0.39, 0.29) is 0 Å². The molecule has 2 rings (SSSR count). The van der Waals surface area contributed by atoms with E-state index in [4.69, 9.17) is 0 Å². The molecule has 26 heavy (non-hydrogen) atoms. The molecule has 0 saturated heterocycles. The summed E-state index contributed by atoms with van der Waals surface area (Å²) in [5.74, 6) is 0. The average Bonchev–Trinajstić information content (AvgIpc) is 2.70. The van der Waals surface area contributed by atoms with E-state index >= 15 is 0 Å². The van der Waals surface area contributed by atoms with Gasteiger partial charge in [-0.2, -0.15) is 0 Å². The van der Waals surface area contributed by atoms with Gasteiger partial charge in [-0.15, -0.1) is 0 Å². The van der Waals surface area contributed by atoms with Crippen LogP contribution in [0.3, 0.4) is 0 Å². The van der Waals surface area contributed by atoms with Gasteiger partial charge in [-0.3, -0.25) is 0 Å². The number of rotatable bonds is 12. The molecule has 0 aliphatic heterocycles. The number of hydrogen-bond donors (Lipinski definition) is 0. The third kappa shape index (κ3) is 6.11. The SMILES string of the molecule is CCCCN(CCCC)CCCP(=O)(c1ccccc1)c1ccccc1. The van der Waals surface area contributed by atoms with E-state index in [9.17, 15) is 4.57 Å². The van der Waals surface area contributed by atoms with Gasteiger partial charge < -0.3 is 9.46 Å². The van der Waals surface area contributed by atoms with Crippen LogP contribution in [-0.2, 0) is 4.57 Å². The van der Waals surface area contributed by atoms with Crippen molar-refractivity contribution in [3.05, 3.63) is 60.7 Å². The first kappa shape index (κ1) is 20.9. The molecule has 0 atom stereocenters. The van der Waals surface area contributed by atoms with Gasteiger partial charge in [-0.05, 0) is 38.9 Å². The lowest BCUT2D eigenvalue weighted by Gasteiger charge is -2.24. The summed E-state index contributed by atoms with van der Waals surface area (Å²) in [6, 6.07) is 20.1. The third-order valence-corrected chi connectivity index (χ3v) is 8.16. The predicted octanol–water partition coefficient (Wildman–Crippen LogP) is 5.29. The Morgan fingerprint density at radius 3 is 1.54 bits per heavy atom. The standard InChI is InChI=1S/C23H34NOP/c1-3-5-18-24(19-6-4-2)20-13-21-26(25,22-14-9-7-10-15-22)23-16-11-8-12-17-23/h7-12,14-17H,3-6,13,18-21H2,1-2H3. The van der Waals surface area contributed by atoms with E-state index in [1.54, 1.807) is 0 Å². The van der Waals surface area contributed by atoms with Gasteiger partial charge >= 0.3 is 0 Å². The molecule has 3 heteroatoms. The van der Waals surface area contributed by atoms with E-state index in [1.807, 2.05) is 60.7 Å². The Morgan fingerprint density at radius 2 is 1.12 bits per heavy atom. The minimum absolute atomic E-state index is 0.746. The topological polar surface area (TPSA) is 20.3 Å². The number of unbranched alkanes of at least 4 members (excludes halogenated alkanes) is 2. The molecule has 0 aliphatic carbocycles. The Labute approximate surface area is 160 Å². The van der Waals surface area contributed by atoms with Crippen molar-refractivity contribution < 1.29 is 4.57 Å². The van der Waals surface area contributed by atoms with Crippen LogP contribution in [0.25, 0.3) is 0 Å². The fourth-order valence-electron chi connectivity index (χ4n) is 3.36. The van der Waals surface area contributed by atoms with Crippen LogP contribution in [0.2, 0.25) is 0 Å². The van der Waals surface area contributed by atoms with Crippen molar-refractivity contribution in [2.24, 2.45) is 0 Å². The number of nitrogens with zero attached hydrogens (tertiary/aromatic N) is 1. The highest BCUT2D eigenvalue weighted by Crippen LogP contribution is 2.43. The fraction of sp³-hybridized carbons (Fsp3) is 0.478. The molecule has 0 aliphatic rings. The summed E-state index contributed by atoms with van der Waals surface area (Å²) in [4.78, 5) is 2.56.